The van der Waals surface area contributed by atoms with E-state index >= 15 is 0 Å². The molecular formula is C12H15BrN2O3S. The van der Waals surface area contributed by atoms with E-state index in [2.05, 4.69) is 21.2 Å². The smallest absolute Gasteiger partial charge is 0.407 e. The molecule has 19 heavy (non-hydrogen) atoms. The molecule has 0 aliphatic carbocycles. The molecule has 0 radical (unpaired) electrons. The minimum atomic E-state index is -0.883. The number of hydrogen-bond donors (Lipinski definition) is 2. The molecule has 1 aromatic rings. The summed E-state index contributed by atoms with van der Waals surface area (Å²) < 4.78 is 0.968. The normalized spacial score (nSPS) is 18.6. The highest BCUT2D eigenvalue weighted by atomic mass is 79.9. The summed E-state index contributed by atoms with van der Waals surface area (Å²) in [6.07, 6.45) is -0.0774. The van der Waals surface area contributed by atoms with Crippen molar-refractivity contribution in [2.75, 3.05) is 19.6 Å². The lowest BCUT2D eigenvalue weighted by molar-refractivity contribution is 0.0951. The number of hydrogen-bond acceptors (Lipinski definition) is 3. The molecule has 1 atom stereocenters. The second-order valence-corrected chi connectivity index (χ2v) is 7.03. The average molecular weight is 347 g/mol. The maximum Gasteiger partial charge on any atom is 0.407 e. The summed E-state index contributed by atoms with van der Waals surface area (Å²) in [4.78, 5) is 24.8. The first kappa shape index (κ1) is 14.3. The third-order valence-electron chi connectivity index (χ3n) is 3.19. The molecule has 7 heteroatoms. The number of carbonyl (C=O) groups is 2. The molecular weight excluding hydrogens is 332 g/mol. The van der Waals surface area contributed by atoms with Gasteiger partial charge in [-0.3, -0.25) is 4.79 Å². The molecule has 1 fully saturated rings. The summed E-state index contributed by atoms with van der Waals surface area (Å²) in [6.45, 7) is 3.53. The second-order valence-electron chi connectivity index (χ2n) is 4.66. The monoisotopic (exact) mass is 346 g/mol. The van der Waals surface area contributed by atoms with Gasteiger partial charge in [0.05, 0.1) is 8.66 Å². The van der Waals surface area contributed by atoms with Crippen LogP contribution in [0.25, 0.3) is 0 Å². The molecule has 2 rings (SSSR count). The van der Waals surface area contributed by atoms with Crippen molar-refractivity contribution in [3.05, 3.63) is 20.3 Å². The van der Waals surface area contributed by atoms with Crippen LogP contribution in [-0.4, -0.2) is 41.6 Å². The minimum Gasteiger partial charge on any atom is -0.465 e. The summed E-state index contributed by atoms with van der Waals surface area (Å²) in [5, 5.41) is 11.7. The number of rotatable bonds is 3. The van der Waals surface area contributed by atoms with Crippen LogP contribution in [0.3, 0.4) is 0 Å². The van der Waals surface area contributed by atoms with Crippen LogP contribution < -0.4 is 5.32 Å². The highest BCUT2D eigenvalue weighted by Gasteiger charge is 2.26. The third kappa shape index (κ3) is 3.48. The molecule has 1 aromatic heterocycles. The number of amides is 2. The molecule has 104 valence electrons. The quantitative estimate of drug-likeness (QED) is 0.883. The number of nitrogens with zero attached hydrogens (tertiary/aromatic N) is 1. The van der Waals surface area contributed by atoms with Gasteiger partial charge in [-0.1, -0.05) is 0 Å². The zero-order chi connectivity index (χ0) is 14.0. The summed E-state index contributed by atoms with van der Waals surface area (Å²) in [5.41, 5.74) is 1.05. The molecule has 1 aliphatic rings. The maximum atomic E-state index is 11.9. The first-order valence-electron chi connectivity index (χ1n) is 5.99. The Kier molecular flexibility index (Phi) is 4.46. The predicted molar refractivity (Wildman–Crippen MR) is 76.8 cm³/mol. The lowest BCUT2D eigenvalue weighted by Crippen LogP contribution is -2.32. The van der Waals surface area contributed by atoms with Gasteiger partial charge in [-0.2, -0.15) is 0 Å². The van der Waals surface area contributed by atoms with Crippen LogP contribution >= 0.6 is 27.3 Å². The van der Waals surface area contributed by atoms with Crippen LogP contribution in [0.5, 0.6) is 0 Å². The average Bonchev–Trinajstić information content (AvgIpc) is 2.94. The lowest BCUT2D eigenvalue weighted by Gasteiger charge is -2.12. The van der Waals surface area contributed by atoms with E-state index in [1.165, 1.54) is 16.2 Å². The van der Waals surface area contributed by atoms with Crippen molar-refractivity contribution in [1.82, 2.24) is 10.2 Å². The zero-order valence-electron chi connectivity index (χ0n) is 10.5. The molecule has 1 saturated heterocycles. The fraction of sp³-hybridized carbons (Fsp3) is 0.500. The number of aryl methyl sites for hydroxylation is 1. The van der Waals surface area contributed by atoms with Gasteiger partial charge in [0.1, 0.15) is 0 Å². The van der Waals surface area contributed by atoms with Gasteiger partial charge in [-0.05, 0) is 46.8 Å². The maximum absolute atomic E-state index is 11.9. The van der Waals surface area contributed by atoms with Crippen LogP contribution in [0, 0.1) is 12.8 Å². The van der Waals surface area contributed by atoms with E-state index in [9.17, 15) is 9.59 Å². The Morgan fingerprint density at radius 3 is 2.89 bits per heavy atom. The van der Waals surface area contributed by atoms with Gasteiger partial charge >= 0.3 is 6.09 Å². The van der Waals surface area contributed by atoms with Crippen molar-refractivity contribution >= 4 is 39.3 Å². The molecule has 0 aromatic carbocycles. The molecule has 5 nitrogen and oxygen atoms in total. The zero-order valence-corrected chi connectivity index (χ0v) is 12.9. The number of halogens is 1. The molecule has 2 heterocycles. The van der Waals surface area contributed by atoms with Gasteiger partial charge in [-0.25, -0.2) is 4.79 Å². The number of likely N-dealkylation sites (tertiary alicyclic amines) is 1. The third-order valence-corrected chi connectivity index (χ3v) is 5.32. The SMILES string of the molecule is Cc1cc(C(=O)NC[C@H]2CCN(C(=O)O)C2)sc1Br. The summed E-state index contributed by atoms with van der Waals surface area (Å²) in [7, 11) is 0. The second kappa shape index (κ2) is 5.92. The standard InChI is InChI=1S/C12H15BrN2O3S/c1-7-4-9(19-10(7)13)11(16)14-5-8-2-3-15(6-8)12(17)18/h4,8H,2-3,5-6H2,1H3,(H,14,16)(H,17,18)/t8-/m1/s1. The Hall–Kier alpha value is -1.08. The van der Waals surface area contributed by atoms with Crippen LogP contribution in [0.15, 0.2) is 9.85 Å². The summed E-state index contributed by atoms with van der Waals surface area (Å²) in [5.74, 6) is 0.122. The Bertz CT molecular complexity index is 484. The van der Waals surface area contributed by atoms with Gasteiger partial charge in [0.15, 0.2) is 0 Å². The summed E-state index contributed by atoms with van der Waals surface area (Å²) in [6, 6.07) is 1.85. The minimum absolute atomic E-state index is 0.0902. The van der Waals surface area contributed by atoms with E-state index in [1.54, 1.807) is 0 Å². The molecule has 0 bridgehead atoms. The van der Waals surface area contributed by atoms with Crippen LogP contribution in [-0.2, 0) is 0 Å². The van der Waals surface area contributed by atoms with Crippen molar-refractivity contribution in [1.29, 1.82) is 0 Å². The largest absolute Gasteiger partial charge is 0.465 e. The molecule has 0 unspecified atom stereocenters. The van der Waals surface area contributed by atoms with E-state index in [4.69, 9.17) is 5.11 Å². The van der Waals surface area contributed by atoms with Crippen molar-refractivity contribution in [2.24, 2.45) is 5.92 Å². The van der Waals surface area contributed by atoms with Gasteiger partial charge in [0.25, 0.3) is 5.91 Å². The van der Waals surface area contributed by atoms with Gasteiger partial charge in [0, 0.05) is 19.6 Å². The molecule has 1 aliphatic heterocycles. The van der Waals surface area contributed by atoms with Crippen molar-refractivity contribution in [3.63, 3.8) is 0 Å². The Morgan fingerprint density at radius 2 is 2.37 bits per heavy atom. The number of thiophene rings is 1. The highest BCUT2D eigenvalue weighted by Crippen LogP contribution is 2.27. The van der Waals surface area contributed by atoms with E-state index in [1.807, 2.05) is 13.0 Å². The highest BCUT2D eigenvalue weighted by molar-refractivity contribution is 9.11. The number of carbonyl (C=O) groups excluding carboxylic acids is 1. The van der Waals surface area contributed by atoms with E-state index in [0.29, 0.717) is 24.5 Å². The Balaban J connectivity index is 1.83. The topological polar surface area (TPSA) is 69.6 Å². The Morgan fingerprint density at radius 1 is 1.63 bits per heavy atom. The van der Waals surface area contributed by atoms with Gasteiger partial charge in [-0.15, -0.1) is 11.3 Å². The Labute approximate surface area is 123 Å². The van der Waals surface area contributed by atoms with E-state index in [0.717, 1.165) is 15.8 Å². The molecule has 0 spiro atoms. The van der Waals surface area contributed by atoms with Crippen LogP contribution in [0.4, 0.5) is 4.79 Å². The molecule has 2 amide bonds. The predicted octanol–water partition coefficient (Wildman–Crippen LogP) is 2.55. The fourth-order valence-electron chi connectivity index (χ4n) is 2.07. The van der Waals surface area contributed by atoms with E-state index < -0.39 is 6.09 Å². The molecule has 0 saturated carbocycles. The van der Waals surface area contributed by atoms with Crippen molar-refractivity contribution in [3.8, 4) is 0 Å². The lowest BCUT2D eigenvalue weighted by atomic mass is 10.1. The first-order valence-corrected chi connectivity index (χ1v) is 7.60. The summed E-state index contributed by atoms with van der Waals surface area (Å²) >= 11 is 4.80. The number of carboxylic acid groups (broad SMARTS) is 1. The fourth-order valence-corrected chi connectivity index (χ4v) is 3.52. The molecule has 2 N–H and O–H groups in total. The van der Waals surface area contributed by atoms with E-state index in [-0.39, 0.29) is 11.8 Å². The van der Waals surface area contributed by atoms with Crippen molar-refractivity contribution in [2.45, 2.75) is 13.3 Å². The van der Waals surface area contributed by atoms with Crippen LogP contribution in [0.2, 0.25) is 0 Å². The first-order chi connectivity index (χ1) is 8.97. The number of nitrogens with one attached hydrogen (secondary N) is 1. The van der Waals surface area contributed by atoms with Crippen molar-refractivity contribution < 1.29 is 14.7 Å². The van der Waals surface area contributed by atoms with Gasteiger partial charge in [0.2, 0.25) is 0 Å². The van der Waals surface area contributed by atoms with Crippen LogP contribution in [0.1, 0.15) is 21.7 Å². The van der Waals surface area contributed by atoms with Gasteiger partial charge < -0.3 is 15.3 Å².